The first-order valence-corrected chi connectivity index (χ1v) is 11.5. The zero-order valence-corrected chi connectivity index (χ0v) is 18.6. The van der Waals surface area contributed by atoms with Crippen LogP contribution in [0.5, 0.6) is 0 Å². The zero-order valence-electron chi connectivity index (χ0n) is 18.6. The van der Waals surface area contributed by atoms with Gasteiger partial charge < -0.3 is 5.32 Å². The highest BCUT2D eigenvalue weighted by Crippen LogP contribution is 2.31. The average molecular weight is 410 g/mol. The van der Waals surface area contributed by atoms with Crippen molar-refractivity contribution in [2.45, 2.75) is 109 Å². The number of guanidine groups is 1. The molecule has 2 saturated carbocycles. The van der Waals surface area contributed by atoms with E-state index < -0.39 is 6.17 Å². The third kappa shape index (κ3) is 6.92. The van der Waals surface area contributed by atoms with Crippen LogP contribution < -0.4 is 21.5 Å². The molecule has 1 heterocycles. The summed E-state index contributed by atoms with van der Waals surface area (Å²) in [7, 11) is 0. The Hall–Kier alpha value is -1.21. The van der Waals surface area contributed by atoms with Gasteiger partial charge in [0.15, 0.2) is 5.96 Å². The average Bonchev–Trinajstić information content (AvgIpc) is 3.09. The molecule has 3 fully saturated rings. The summed E-state index contributed by atoms with van der Waals surface area (Å²) < 4.78 is 13.4. The highest BCUT2D eigenvalue weighted by molar-refractivity contribution is 5.98. The second-order valence-corrected chi connectivity index (χ2v) is 10.5. The molecular weight excluding hydrogens is 369 g/mol. The summed E-state index contributed by atoms with van der Waals surface area (Å²) >= 11 is 0. The van der Waals surface area contributed by atoms with Crippen molar-refractivity contribution in [3.8, 4) is 0 Å². The Balaban J connectivity index is 1.60. The first-order chi connectivity index (χ1) is 13.7. The lowest BCUT2D eigenvalue weighted by atomic mass is 9.82. The van der Waals surface area contributed by atoms with Gasteiger partial charge in [-0.1, -0.05) is 19.8 Å². The van der Waals surface area contributed by atoms with Gasteiger partial charge in [-0.3, -0.25) is 15.5 Å². The summed E-state index contributed by atoms with van der Waals surface area (Å²) in [5.74, 6) is 1.80. The van der Waals surface area contributed by atoms with Crippen molar-refractivity contribution in [3.05, 3.63) is 0 Å². The predicted octanol–water partition coefficient (Wildman–Crippen LogP) is 3.39. The molecule has 4 N–H and O–H groups in total. The molecule has 166 valence electrons. The standard InChI is InChI=1S/C22H40FN5O/c1-14-6-5-7-16(12-14)20(29)25-21(26-22(2,3)4)24-19-13-18(27-28-19)15-8-10-17(23)11-9-15/h14-19,27-28H,5-13H2,1-4H3,(H2,24,25,26,29). The van der Waals surface area contributed by atoms with Crippen LogP contribution >= 0.6 is 0 Å². The van der Waals surface area contributed by atoms with Crippen molar-refractivity contribution < 1.29 is 9.18 Å². The molecule has 4 atom stereocenters. The van der Waals surface area contributed by atoms with Gasteiger partial charge in [0, 0.05) is 23.9 Å². The second-order valence-electron chi connectivity index (χ2n) is 10.5. The summed E-state index contributed by atoms with van der Waals surface area (Å²) in [6, 6.07) is 0.307. The molecule has 3 rings (SSSR count). The number of nitrogens with zero attached hydrogens (tertiary/aromatic N) is 1. The van der Waals surface area contributed by atoms with Gasteiger partial charge in [0.1, 0.15) is 12.3 Å². The van der Waals surface area contributed by atoms with Gasteiger partial charge in [-0.05, 0) is 71.1 Å². The lowest BCUT2D eigenvalue weighted by molar-refractivity contribution is -0.125. The maximum absolute atomic E-state index is 13.4. The van der Waals surface area contributed by atoms with Gasteiger partial charge in [0.05, 0.1) is 0 Å². The van der Waals surface area contributed by atoms with Crippen LogP contribution in [0, 0.1) is 17.8 Å². The largest absolute Gasteiger partial charge is 0.351 e. The third-order valence-corrected chi connectivity index (χ3v) is 6.51. The Morgan fingerprint density at radius 3 is 2.41 bits per heavy atom. The molecule has 3 aliphatic rings. The van der Waals surface area contributed by atoms with Crippen LogP contribution in [0.15, 0.2) is 4.99 Å². The summed E-state index contributed by atoms with van der Waals surface area (Å²) in [5.41, 5.74) is 6.43. The van der Waals surface area contributed by atoms with Gasteiger partial charge in [0.25, 0.3) is 0 Å². The van der Waals surface area contributed by atoms with E-state index in [0.29, 0.717) is 36.7 Å². The van der Waals surface area contributed by atoms with Crippen molar-refractivity contribution in [2.24, 2.45) is 22.7 Å². The number of nitrogens with one attached hydrogen (secondary N) is 4. The summed E-state index contributed by atoms with van der Waals surface area (Å²) in [5, 5.41) is 6.44. The topological polar surface area (TPSA) is 77.5 Å². The van der Waals surface area contributed by atoms with E-state index in [-0.39, 0.29) is 23.5 Å². The Labute approximate surface area is 175 Å². The molecule has 7 heteroatoms. The van der Waals surface area contributed by atoms with Crippen LogP contribution in [0.4, 0.5) is 4.39 Å². The van der Waals surface area contributed by atoms with Crippen LogP contribution in [0.25, 0.3) is 0 Å². The number of amides is 1. The van der Waals surface area contributed by atoms with Crippen molar-refractivity contribution in [2.75, 3.05) is 0 Å². The van der Waals surface area contributed by atoms with Crippen molar-refractivity contribution in [3.63, 3.8) is 0 Å². The predicted molar refractivity (Wildman–Crippen MR) is 115 cm³/mol. The third-order valence-electron chi connectivity index (χ3n) is 6.51. The number of alkyl halides is 1. The van der Waals surface area contributed by atoms with Crippen molar-refractivity contribution in [1.29, 1.82) is 0 Å². The molecule has 29 heavy (non-hydrogen) atoms. The minimum atomic E-state index is -0.630. The van der Waals surface area contributed by atoms with Crippen LogP contribution in [0.1, 0.15) is 85.5 Å². The lowest BCUT2D eigenvalue weighted by Crippen LogP contribution is -2.52. The Morgan fingerprint density at radius 2 is 1.76 bits per heavy atom. The normalized spacial score (nSPS) is 36.7. The fourth-order valence-electron chi connectivity index (χ4n) is 4.94. The SMILES string of the molecule is CC1CCCC(C(=O)N/C(=N/C2CC(C3CCC(F)CC3)NN2)NC(C)(C)C)C1. The number of hydrazine groups is 1. The van der Waals surface area contributed by atoms with Crippen molar-refractivity contribution in [1.82, 2.24) is 21.5 Å². The molecule has 1 saturated heterocycles. The molecule has 0 aromatic heterocycles. The number of carbonyl (C=O) groups is 1. The van der Waals surface area contributed by atoms with E-state index in [1.165, 1.54) is 6.42 Å². The molecule has 1 amide bonds. The van der Waals surface area contributed by atoms with Gasteiger partial charge in [0.2, 0.25) is 5.91 Å². The first-order valence-electron chi connectivity index (χ1n) is 11.5. The minimum absolute atomic E-state index is 0.0732. The van der Waals surface area contributed by atoms with E-state index >= 15 is 0 Å². The summed E-state index contributed by atoms with van der Waals surface area (Å²) in [4.78, 5) is 17.7. The van der Waals surface area contributed by atoms with Crippen LogP contribution in [-0.4, -0.2) is 35.8 Å². The Bertz CT molecular complexity index is 582. The first kappa shape index (κ1) is 22.5. The molecule has 0 aromatic carbocycles. The zero-order chi connectivity index (χ0) is 21.0. The van der Waals surface area contributed by atoms with E-state index in [9.17, 15) is 9.18 Å². The molecule has 0 bridgehead atoms. The molecule has 1 aliphatic heterocycles. The van der Waals surface area contributed by atoms with E-state index in [1.54, 1.807) is 0 Å². The highest BCUT2D eigenvalue weighted by atomic mass is 19.1. The van der Waals surface area contributed by atoms with E-state index in [4.69, 9.17) is 4.99 Å². The molecular formula is C22H40FN5O. The summed E-state index contributed by atoms with van der Waals surface area (Å²) in [6.45, 7) is 8.42. The smallest absolute Gasteiger partial charge is 0.229 e. The van der Waals surface area contributed by atoms with Crippen LogP contribution in [0.3, 0.4) is 0 Å². The molecule has 4 unspecified atom stereocenters. The number of hydrogen-bond acceptors (Lipinski definition) is 4. The Morgan fingerprint density at radius 1 is 1.03 bits per heavy atom. The number of rotatable bonds is 3. The summed E-state index contributed by atoms with van der Waals surface area (Å²) in [6.07, 6.45) is 7.58. The van der Waals surface area contributed by atoms with E-state index in [1.807, 2.05) is 0 Å². The molecule has 0 radical (unpaired) electrons. The van der Waals surface area contributed by atoms with Gasteiger partial charge in [-0.15, -0.1) is 0 Å². The molecule has 0 spiro atoms. The number of hydrogen-bond donors (Lipinski definition) is 4. The highest BCUT2D eigenvalue weighted by Gasteiger charge is 2.34. The fraction of sp³-hybridized carbons (Fsp3) is 0.909. The van der Waals surface area contributed by atoms with Crippen LogP contribution in [-0.2, 0) is 4.79 Å². The van der Waals surface area contributed by atoms with Gasteiger partial charge in [-0.2, -0.15) is 0 Å². The van der Waals surface area contributed by atoms with E-state index in [2.05, 4.69) is 49.2 Å². The van der Waals surface area contributed by atoms with Gasteiger partial charge in [-0.25, -0.2) is 14.8 Å². The molecule has 6 nitrogen and oxygen atoms in total. The molecule has 2 aliphatic carbocycles. The molecule has 0 aromatic rings. The van der Waals surface area contributed by atoms with Gasteiger partial charge >= 0.3 is 0 Å². The van der Waals surface area contributed by atoms with Crippen molar-refractivity contribution >= 4 is 11.9 Å². The Kier molecular flexibility index (Phi) is 7.54. The second kappa shape index (κ2) is 9.73. The number of aliphatic imine (C=N–C) groups is 1. The maximum atomic E-state index is 13.4. The van der Waals surface area contributed by atoms with Crippen LogP contribution in [0.2, 0.25) is 0 Å². The quantitative estimate of drug-likeness (QED) is 0.426. The fourth-order valence-corrected chi connectivity index (χ4v) is 4.94. The number of carbonyl (C=O) groups excluding carboxylic acids is 1. The number of halogens is 1. The lowest BCUT2D eigenvalue weighted by Gasteiger charge is -2.29. The van der Waals surface area contributed by atoms with E-state index in [0.717, 1.165) is 38.5 Å². The monoisotopic (exact) mass is 409 g/mol. The maximum Gasteiger partial charge on any atom is 0.229 e. The minimum Gasteiger partial charge on any atom is -0.351 e.